The van der Waals surface area contributed by atoms with Gasteiger partial charge < -0.3 is 9.47 Å². The molecular weight excluding hydrogens is 394 g/mol. The van der Waals surface area contributed by atoms with Crippen LogP contribution in [0, 0.1) is 0 Å². The lowest BCUT2D eigenvalue weighted by molar-refractivity contribution is 0.414. The number of anilines is 1. The van der Waals surface area contributed by atoms with Crippen LogP contribution in [-0.4, -0.2) is 25.4 Å². The molecule has 0 fully saturated rings. The molecule has 150 valence electrons. The molecule has 4 rings (SSSR count). The zero-order chi connectivity index (χ0) is 20.8. The molecule has 0 atom stereocenters. The Morgan fingerprint density at radius 1 is 0.867 bits per heavy atom. The number of ether oxygens (including phenoxy) is 2. The van der Waals surface area contributed by atoms with E-state index in [1.165, 1.54) is 11.3 Å². The average molecular weight is 416 g/mol. The predicted molar refractivity (Wildman–Crippen MR) is 124 cm³/mol. The van der Waals surface area contributed by atoms with Crippen LogP contribution < -0.4 is 14.9 Å². The van der Waals surface area contributed by atoms with E-state index in [2.05, 4.69) is 33.7 Å². The van der Waals surface area contributed by atoms with E-state index >= 15 is 0 Å². The summed E-state index contributed by atoms with van der Waals surface area (Å²) >= 11 is 1.50. The molecule has 0 saturated carbocycles. The number of thiazole rings is 1. The van der Waals surface area contributed by atoms with Gasteiger partial charge in [-0.25, -0.2) is 4.98 Å². The van der Waals surface area contributed by atoms with Crippen molar-refractivity contribution in [1.29, 1.82) is 0 Å². The number of methoxy groups -OCH3 is 2. The third kappa shape index (κ3) is 4.50. The highest BCUT2D eigenvalue weighted by molar-refractivity contribution is 7.14. The Balaban J connectivity index is 1.49. The van der Waals surface area contributed by atoms with Crippen LogP contribution in [0.5, 0.6) is 11.5 Å². The number of hydrogen-bond acceptors (Lipinski definition) is 6. The highest BCUT2D eigenvalue weighted by Gasteiger charge is 2.06. The van der Waals surface area contributed by atoms with E-state index in [9.17, 15) is 0 Å². The van der Waals surface area contributed by atoms with Crippen molar-refractivity contribution < 1.29 is 9.47 Å². The first kappa shape index (κ1) is 19.7. The third-order valence-electron chi connectivity index (χ3n) is 4.59. The van der Waals surface area contributed by atoms with Crippen molar-refractivity contribution in [3.8, 4) is 33.9 Å². The molecule has 0 aliphatic carbocycles. The second-order valence-corrected chi connectivity index (χ2v) is 7.32. The summed E-state index contributed by atoms with van der Waals surface area (Å²) in [6.45, 7) is 0. The Morgan fingerprint density at radius 3 is 2.37 bits per heavy atom. The monoisotopic (exact) mass is 415 g/mol. The van der Waals surface area contributed by atoms with Gasteiger partial charge in [0.15, 0.2) is 0 Å². The molecule has 1 aromatic heterocycles. The van der Waals surface area contributed by atoms with E-state index in [-0.39, 0.29) is 0 Å². The smallest absolute Gasteiger partial charge is 0.203 e. The molecule has 1 heterocycles. The summed E-state index contributed by atoms with van der Waals surface area (Å²) in [4.78, 5) is 4.60. The van der Waals surface area contributed by atoms with Crippen molar-refractivity contribution in [3.05, 3.63) is 83.7 Å². The third-order valence-corrected chi connectivity index (χ3v) is 5.34. The minimum atomic E-state index is 0.718. The molecular formula is C24H21N3O2S. The molecule has 3 aromatic carbocycles. The van der Waals surface area contributed by atoms with Crippen LogP contribution in [-0.2, 0) is 0 Å². The van der Waals surface area contributed by atoms with Gasteiger partial charge in [0.1, 0.15) is 11.5 Å². The summed E-state index contributed by atoms with van der Waals surface area (Å²) in [6, 6.07) is 24.1. The molecule has 5 nitrogen and oxygen atoms in total. The van der Waals surface area contributed by atoms with Gasteiger partial charge in [-0.3, -0.25) is 5.43 Å². The number of hydrazone groups is 1. The summed E-state index contributed by atoms with van der Waals surface area (Å²) in [7, 11) is 3.31. The maximum atomic E-state index is 5.48. The van der Waals surface area contributed by atoms with E-state index in [1.807, 2.05) is 60.0 Å². The van der Waals surface area contributed by atoms with Crippen LogP contribution in [0.15, 0.2) is 83.3 Å². The molecule has 1 N–H and O–H groups in total. The Kier molecular flexibility index (Phi) is 6.06. The first-order valence-electron chi connectivity index (χ1n) is 9.39. The number of hydrogen-bond donors (Lipinski definition) is 1. The van der Waals surface area contributed by atoms with Crippen LogP contribution in [0.1, 0.15) is 5.56 Å². The van der Waals surface area contributed by atoms with Gasteiger partial charge in [0, 0.05) is 16.5 Å². The molecule has 6 heteroatoms. The van der Waals surface area contributed by atoms with E-state index in [1.54, 1.807) is 20.4 Å². The van der Waals surface area contributed by atoms with Gasteiger partial charge in [-0.15, -0.1) is 11.3 Å². The second-order valence-electron chi connectivity index (χ2n) is 6.46. The Morgan fingerprint density at radius 2 is 1.63 bits per heavy atom. The summed E-state index contributed by atoms with van der Waals surface area (Å²) in [5.41, 5.74) is 8.07. The molecule has 0 amide bonds. The summed E-state index contributed by atoms with van der Waals surface area (Å²) in [5, 5.41) is 7.08. The quantitative estimate of drug-likeness (QED) is 0.300. The Hall–Kier alpha value is -3.64. The topological polar surface area (TPSA) is 55.7 Å². The highest BCUT2D eigenvalue weighted by Crippen LogP contribution is 2.27. The van der Waals surface area contributed by atoms with Crippen molar-refractivity contribution in [2.45, 2.75) is 0 Å². The summed E-state index contributed by atoms with van der Waals surface area (Å²) in [5.74, 6) is 1.59. The zero-order valence-electron chi connectivity index (χ0n) is 16.7. The number of aromatic nitrogens is 1. The fourth-order valence-corrected chi connectivity index (χ4v) is 3.69. The highest BCUT2D eigenvalue weighted by atomic mass is 32.1. The SMILES string of the molecule is COc1ccc(-c2csc(N/N=C/c3cc(-c4ccccc4)ccc3OC)n2)cc1. The minimum absolute atomic E-state index is 0.718. The first-order chi connectivity index (χ1) is 14.8. The molecule has 0 spiro atoms. The van der Waals surface area contributed by atoms with Gasteiger partial charge in [-0.2, -0.15) is 5.10 Å². The molecule has 0 unspecified atom stereocenters. The predicted octanol–water partition coefficient (Wildman–Crippen LogP) is 5.94. The fourth-order valence-electron chi connectivity index (χ4n) is 3.02. The Labute approximate surface area is 179 Å². The number of nitrogens with one attached hydrogen (secondary N) is 1. The van der Waals surface area contributed by atoms with E-state index in [0.717, 1.165) is 44.6 Å². The van der Waals surface area contributed by atoms with Crippen LogP contribution in [0.2, 0.25) is 0 Å². The number of nitrogens with zero attached hydrogens (tertiary/aromatic N) is 2. The summed E-state index contributed by atoms with van der Waals surface area (Å²) in [6.07, 6.45) is 1.75. The van der Waals surface area contributed by atoms with Crippen molar-refractivity contribution >= 4 is 22.7 Å². The van der Waals surface area contributed by atoms with Gasteiger partial charge in [0.05, 0.1) is 26.1 Å². The first-order valence-corrected chi connectivity index (χ1v) is 10.3. The lowest BCUT2D eigenvalue weighted by atomic mass is 10.0. The largest absolute Gasteiger partial charge is 0.497 e. The maximum absolute atomic E-state index is 5.48. The van der Waals surface area contributed by atoms with Gasteiger partial charge in [-0.05, 0) is 47.5 Å². The molecule has 0 aliphatic rings. The Bertz CT molecular complexity index is 1140. The number of benzene rings is 3. The maximum Gasteiger partial charge on any atom is 0.203 e. The number of rotatable bonds is 7. The average Bonchev–Trinajstić information content (AvgIpc) is 3.28. The van der Waals surface area contributed by atoms with Crippen molar-refractivity contribution in [1.82, 2.24) is 4.98 Å². The van der Waals surface area contributed by atoms with Gasteiger partial charge in [0.25, 0.3) is 0 Å². The van der Waals surface area contributed by atoms with Crippen LogP contribution in [0.25, 0.3) is 22.4 Å². The molecule has 0 bridgehead atoms. The lowest BCUT2D eigenvalue weighted by Crippen LogP contribution is -1.95. The molecule has 30 heavy (non-hydrogen) atoms. The molecule has 0 saturated heterocycles. The van der Waals surface area contributed by atoms with Crippen molar-refractivity contribution in [3.63, 3.8) is 0 Å². The molecule has 0 radical (unpaired) electrons. The fraction of sp³-hybridized carbons (Fsp3) is 0.0833. The normalized spacial score (nSPS) is 10.9. The van der Waals surface area contributed by atoms with Crippen molar-refractivity contribution in [2.75, 3.05) is 19.6 Å². The van der Waals surface area contributed by atoms with Gasteiger partial charge >= 0.3 is 0 Å². The van der Waals surface area contributed by atoms with Crippen LogP contribution in [0.3, 0.4) is 0 Å². The molecule has 4 aromatic rings. The van der Waals surface area contributed by atoms with Gasteiger partial charge in [-0.1, -0.05) is 36.4 Å². The van der Waals surface area contributed by atoms with E-state index in [0.29, 0.717) is 0 Å². The van der Waals surface area contributed by atoms with E-state index < -0.39 is 0 Å². The van der Waals surface area contributed by atoms with Gasteiger partial charge in [0.2, 0.25) is 5.13 Å². The van der Waals surface area contributed by atoms with E-state index in [4.69, 9.17) is 9.47 Å². The minimum Gasteiger partial charge on any atom is -0.497 e. The molecule has 0 aliphatic heterocycles. The zero-order valence-corrected chi connectivity index (χ0v) is 17.5. The second kappa shape index (κ2) is 9.24. The summed E-state index contributed by atoms with van der Waals surface area (Å²) < 4.78 is 10.7. The van der Waals surface area contributed by atoms with Crippen LogP contribution >= 0.6 is 11.3 Å². The lowest BCUT2D eigenvalue weighted by Gasteiger charge is -2.08. The standard InChI is InChI=1S/C24H21N3O2S/c1-28-21-11-8-18(9-12-21)22-16-30-24(26-22)27-25-15-20-14-19(10-13-23(20)29-2)17-6-4-3-5-7-17/h3-16H,1-2H3,(H,26,27)/b25-15+. The van der Waals surface area contributed by atoms with Crippen LogP contribution in [0.4, 0.5) is 5.13 Å². The van der Waals surface area contributed by atoms with Crippen molar-refractivity contribution in [2.24, 2.45) is 5.10 Å².